The van der Waals surface area contributed by atoms with Crippen molar-refractivity contribution in [2.24, 2.45) is 0 Å². The Kier molecular flexibility index (Phi) is 13.2. The van der Waals surface area contributed by atoms with Crippen molar-refractivity contribution < 1.29 is 26.4 Å². The highest BCUT2D eigenvalue weighted by Crippen LogP contribution is 2.30. The molecule has 0 radical (unpaired) electrons. The Bertz CT molecular complexity index is 2990. The lowest BCUT2D eigenvalue weighted by Crippen LogP contribution is -2.26. The number of thiophene rings is 1. The van der Waals surface area contributed by atoms with E-state index >= 15 is 0 Å². The number of carbonyl (C=O) groups excluding carboxylic acids is 2. The van der Waals surface area contributed by atoms with Crippen LogP contribution in [0.15, 0.2) is 186 Å². The van der Waals surface area contributed by atoms with Crippen LogP contribution in [0.2, 0.25) is 0 Å². The zero-order valence-corrected chi connectivity index (χ0v) is 36.0. The Morgan fingerprint density at radius 2 is 1.05 bits per heavy atom. The average molecular weight is 902 g/mol. The van der Waals surface area contributed by atoms with Crippen molar-refractivity contribution in [1.29, 1.82) is 0 Å². The van der Waals surface area contributed by atoms with Crippen LogP contribution in [-0.2, 0) is 20.0 Å². The first-order valence-corrected chi connectivity index (χ1v) is 22.6. The summed E-state index contributed by atoms with van der Waals surface area (Å²) in [6, 6.07) is 40.7. The normalized spacial score (nSPS) is 11.1. The number of sulfonamides is 2. The van der Waals surface area contributed by atoms with Gasteiger partial charge in [0.05, 0.1) is 23.8 Å². The molecular weight excluding hydrogens is 863 g/mol. The zero-order chi connectivity index (χ0) is 44.4. The quantitative estimate of drug-likeness (QED) is 0.0933. The van der Waals surface area contributed by atoms with Gasteiger partial charge in [0.25, 0.3) is 20.0 Å². The summed E-state index contributed by atoms with van der Waals surface area (Å²) in [7, 11) is -4.61. The Hall–Kier alpha value is -7.81. The van der Waals surface area contributed by atoms with Gasteiger partial charge in [0.1, 0.15) is 14.1 Å². The molecule has 0 bridgehead atoms. The molecule has 0 spiro atoms. The van der Waals surface area contributed by atoms with Crippen molar-refractivity contribution in [2.45, 2.75) is 9.10 Å². The van der Waals surface area contributed by atoms with Crippen LogP contribution >= 0.6 is 11.3 Å². The molecule has 63 heavy (non-hydrogen) atoms. The van der Waals surface area contributed by atoms with E-state index in [1.54, 1.807) is 132 Å². The molecule has 8 rings (SSSR count). The molecule has 0 unspecified atom stereocenters. The summed E-state index contributed by atoms with van der Waals surface area (Å²) in [6.07, 6.45) is 7.69. The molecule has 20 heteroatoms. The van der Waals surface area contributed by atoms with Gasteiger partial charge in [-0.15, -0.1) is 11.3 Å². The van der Waals surface area contributed by atoms with Gasteiger partial charge in [0, 0.05) is 55.4 Å². The number of hydrogen-bond acceptors (Lipinski definition) is 10. The van der Waals surface area contributed by atoms with Gasteiger partial charge in [-0.05, 0) is 103 Å². The first-order valence-electron chi connectivity index (χ1n) is 18.9. The highest BCUT2D eigenvalue weighted by Gasteiger charge is 2.25. The number of rotatable bonds is 12. The van der Waals surface area contributed by atoms with Gasteiger partial charge in [0.2, 0.25) is 0 Å². The summed E-state index contributed by atoms with van der Waals surface area (Å²) in [5, 5.41) is 19.8. The maximum Gasteiger partial charge on any atom is 0.323 e. The van der Waals surface area contributed by atoms with E-state index in [9.17, 15) is 26.4 Å². The lowest BCUT2D eigenvalue weighted by atomic mass is 10.3. The number of amides is 4. The smallest absolute Gasteiger partial charge is 0.308 e. The summed E-state index contributed by atoms with van der Waals surface area (Å²) in [5.74, 6) is 0.515. The van der Waals surface area contributed by atoms with Gasteiger partial charge in [-0.3, -0.25) is 8.61 Å². The number of para-hydroxylation sites is 2. The summed E-state index contributed by atoms with van der Waals surface area (Å²) in [4.78, 5) is 28.4. The maximum absolute atomic E-state index is 13.0. The lowest BCUT2D eigenvalue weighted by molar-refractivity contribution is 0.261. The van der Waals surface area contributed by atoms with Crippen LogP contribution in [0.4, 0.5) is 43.7 Å². The predicted molar refractivity (Wildman–Crippen MR) is 245 cm³/mol. The van der Waals surface area contributed by atoms with Crippen molar-refractivity contribution in [2.75, 3.05) is 44.0 Å². The van der Waals surface area contributed by atoms with Crippen LogP contribution < -0.4 is 29.9 Å². The SMILES string of the molecule is CN(c1ccc(NC(=O)Nc2ccccc2)cc1)S(=O)(=O)c1ccc(-n2cccn2)s1.CN(c1ccc(NC(=O)Nc2ccccc2)cc1)S(=O)(=O)c1cnn(-c2ccccn2)c1. The van der Waals surface area contributed by atoms with E-state index in [-0.39, 0.29) is 15.1 Å². The number of hydrogen-bond donors (Lipinski definition) is 4. The Morgan fingerprint density at radius 3 is 1.54 bits per heavy atom. The highest BCUT2D eigenvalue weighted by molar-refractivity contribution is 7.94. The van der Waals surface area contributed by atoms with E-state index in [4.69, 9.17) is 0 Å². The minimum absolute atomic E-state index is 0.0371. The molecule has 0 aliphatic carbocycles. The average Bonchev–Trinajstić information content (AvgIpc) is 4.12. The van der Waals surface area contributed by atoms with Gasteiger partial charge in [0.15, 0.2) is 5.82 Å². The Labute approximate surface area is 367 Å². The van der Waals surface area contributed by atoms with Crippen molar-refractivity contribution in [3.8, 4) is 10.8 Å². The highest BCUT2D eigenvalue weighted by atomic mass is 32.2. The Balaban J connectivity index is 0.000000189. The molecule has 320 valence electrons. The third-order valence-electron chi connectivity index (χ3n) is 9.05. The molecule has 17 nitrogen and oxygen atoms in total. The van der Waals surface area contributed by atoms with E-state index < -0.39 is 26.1 Å². The monoisotopic (exact) mass is 901 g/mol. The Morgan fingerprint density at radius 1 is 0.540 bits per heavy atom. The van der Waals surface area contributed by atoms with Gasteiger partial charge in [-0.25, -0.2) is 40.8 Å². The number of aromatic nitrogens is 5. The molecular formula is C43H39N11O6S3. The minimum atomic E-state index is -3.83. The van der Waals surface area contributed by atoms with E-state index in [1.807, 2.05) is 36.4 Å². The summed E-state index contributed by atoms with van der Waals surface area (Å²) in [5.41, 5.74) is 3.32. The minimum Gasteiger partial charge on any atom is -0.308 e. The zero-order valence-electron chi connectivity index (χ0n) is 33.5. The van der Waals surface area contributed by atoms with Crippen molar-refractivity contribution in [3.05, 3.63) is 177 Å². The van der Waals surface area contributed by atoms with Crippen LogP contribution in [0.3, 0.4) is 0 Å². The first kappa shape index (κ1) is 43.3. The number of nitrogens with one attached hydrogen (secondary N) is 4. The number of pyridine rings is 1. The van der Waals surface area contributed by atoms with Crippen molar-refractivity contribution >= 4 is 77.6 Å². The van der Waals surface area contributed by atoms with Crippen LogP contribution in [0.5, 0.6) is 0 Å². The molecule has 4 N–H and O–H groups in total. The van der Waals surface area contributed by atoms with Crippen LogP contribution in [0.25, 0.3) is 10.8 Å². The van der Waals surface area contributed by atoms with Crippen LogP contribution in [0.1, 0.15) is 0 Å². The third kappa shape index (κ3) is 10.7. The standard InChI is InChI=1S/C22H20N6O3S.C21H19N5O3S2/c1-27(32(30,31)20-15-24-28(16-20)21-9-5-6-14-23-21)19-12-10-18(11-13-19)26-22(29)25-17-7-3-2-4-8-17;1-25(31(28,29)20-13-12-19(30-20)26-15-5-14-22-26)18-10-8-17(9-11-18)24-21(27)23-16-6-3-2-4-7-16/h2-16H,1H3,(H2,25,26,29);2-15H,1H3,(H2,23,24,27). The maximum atomic E-state index is 13.0. The fourth-order valence-corrected chi connectivity index (χ4v) is 9.47. The second-order valence-electron chi connectivity index (χ2n) is 13.3. The molecule has 4 heterocycles. The predicted octanol–water partition coefficient (Wildman–Crippen LogP) is 8.14. The van der Waals surface area contributed by atoms with E-state index in [2.05, 4.69) is 36.4 Å². The van der Waals surface area contributed by atoms with Gasteiger partial charge in [-0.1, -0.05) is 42.5 Å². The van der Waals surface area contributed by atoms with E-state index in [0.717, 1.165) is 15.6 Å². The fourth-order valence-electron chi connectivity index (χ4n) is 5.74. The van der Waals surface area contributed by atoms with Gasteiger partial charge < -0.3 is 21.3 Å². The lowest BCUT2D eigenvalue weighted by Gasteiger charge is -2.19. The number of anilines is 6. The van der Waals surface area contributed by atoms with E-state index in [1.165, 1.54) is 35.5 Å². The van der Waals surface area contributed by atoms with Gasteiger partial charge >= 0.3 is 12.1 Å². The summed E-state index contributed by atoms with van der Waals surface area (Å²) >= 11 is 1.14. The summed E-state index contributed by atoms with van der Waals surface area (Å²) in [6.45, 7) is 0. The third-order valence-corrected chi connectivity index (χ3v) is 14.1. The number of urea groups is 2. The molecule has 8 aromatic rings. The van der Waals surface area contributed by atoms with Crippen LogP contribution in [0, 0.1) is 0 Å². The molecule has 0 atom stereocenters. The second kappa shape index (κ2) is 19.3. The number of nitrogens with zero attached hydrogens (tertiary/aromatic N) is 7. The topological polar surface area (TPSA) is 206 Å². The first-order chi connectivity index (χ1) is 30.4. The molecule has 0 aliphatic rings. The second-order valence-corrected chi connectivity index (χ2v) is 18.5. The summed E-state index contributed by atoms with van der Waals surface area (Å²) < 4.78 is 57.6. The van der Waals surface area contributed by atoms with Crippen LogP contribution in [-0.4, -0.2) is 67.5 Å². The number of carbonyl (C=O) groups is 2. The molecule has 0 fully saturated rings. The molecule has 0 saturated carbocycles. The van der Waals surface area contributed by atoms with Gasteiger partial charge in [-0.2, -0.15) is 10.2 Å². The molecule has 4 aromatic heterocycles. The largest absolute Gasteiger partial charge is 0.323 e. The van der Waals surface area contributed by atoms with E-state index in [0.29, 0.717) is 44.9 Å². The molecule has 0 saturated heterocycles. The molecule has 4 amide bonds. The molecule has 0 aliphatic heterocycles. The molecule has 4 aromatic carbocycles. The van der Waals surface area contributed by atoms with Crippen molar-refractivity contribution in [3.63, 3.8) is 0 Å². The fraction of sp³-hybridized carbons (Fsp3) is 0.0465. The van der Waals surface area contributed by atoms with Crippen molar-refractivity contribution in [1.82, 2.24) is 24.5 Å². The number of benzene rings is 4.